The Kier molecular flexibility index (Phi) is 3.43. The van der Waals surface area contributed by atoms with Gasteiger partial charge in [-0.1, -0.05) is 11.6 Å². The number of aromatic nitrogens is 2. The standard InChI is InChI=1S/C12H10ClF2N3/c1-6-7(2)12(18-17-11(6)13)16-8-3-4-9(14)10(15)5-8/h3-5H,1-2H3,(H,16,18). The van der Waals surface area contributed by atoms with Gasteiger partial charge >= 0.3 is 0 Å². The smallest absolute Gasteiger partial charge is 0.160 e. The highest BCUT2D eigenvalue weighted by atomic mass is 35.5. The Morgan fingerprint density at radius 3 is 2.44 bits per heavy atom. The Balaban J connectivity index is 2.34. The molecule has 94 valence electrons. The summed E-state index contributed by atoms with van der Waals surface area (Å²) in [7, 11) is 0. The van der Waals surface area contributed by atoms with Crippen LogP contribution in [0.4, 0.5) is 20.3 Å². The maximum Gasteiger partial charge on any atom is 0.160 e. The van der Waals surface area contributed by atoms with Gasteiger partial charge in [-0.05, 0) is 37.1 Å². The summed E-state index contributed by atoms with van der Waals surface area (Å²) in [5.41, 5.74) is 1.99. The number of rotatable bonds is 2. The molecule has 0 bridgehead atoms. The fraction of sp³-hybridized carbons (Fsp3) is 0.167. The van der Waals surface area contributed by atoms with Crippen LogP contribution in [-0.2, 0) is 0 Å². The van der Waals surface area contributed by atoms with Crippen molar-refractivity contribution in [1.82, 2.24) is 10.2 Å². The molecule has 0 saturated heterocycles. The summed E-state index contributed by atoms with van der Waals surface area (Å²) < 4.78 is 25.8. The maximum absolute atomic E-state index is 13.1. The van der Waals surface area contributed by atoms with E-state index >= 15 is 0 Å². The summed E-state index contributed by atoms with van der Waals surface area (Å²) in [4.78, 5) is 0. The number of nitrogens with zero attached hydrogens (tertiary/aromatic N) is 2. The van der Waals surface area contributed by atoms with Crippen molar-refractivity contribution < 1.29 is 8.78 Å². The zero-order valence-electron chi connectivity index (χ0n) is 9.76. The number of hydrogen-bond acceptors (Lipinski definition) is 3. The molecular weight excluding hydrogens is 260 g/mol. The summed E-state index contributed by atoms with van der Waals surface area (Å²) in [6.07, 6.45) is 0. The molecule has 0 atom stereocenters. The van der Waals surface area contributed by atoms with Crippen LogP contribution in [0.15, 0.2) is 18.2 Å². The monoisotopic (exact) mass is 269 g/mol. The minimum Gasteiger partial charge on any atom is -0.338 e. The van der Waals surface area contributed by atoms with Crippen LogP contribution >= 0.6 is 11.6 Å². The summed E-state index contributed by atoms with van der Waals surface area (Å²) in [6, 6.07) is 3.52. The molecule has 1 aromatic heterocycles. The summed E-state index contributed by atoms with van der Waals surface area (Å²) in [5.74, 6) is -1.35. The van der Waals surface area contributed by atoms with Crippen molar-refractivity contribution in [2.75, 3.05) is 5.32 Å². The van der Waals surface area contributed by atoms with Crippen molar-refractivity contribution >= 4 is 23.1 Å². The van der Waals surface area contributed by atoms with Crippen LogP contribution in [0.5, 0.6) is 0 Å². The van der Waals surface area contributed by atoms with E-state index in [0.717, 1.165) is 23.3 Å². The topological polar surface area (TPSA) is 37.8 Å². The lowest BCUT2D eigenvalue weighted by molar-refractivity contribution is 0.509. The molecule has 1 N–H and O–H groups in total. The third-order valence-electron chi connectivity index (χ3n) is 2.65. The molecule has 0 spiro atoms. The van der Waals surface area contributed by atoms with Gasteiger partial charge in [0.1, 0.15) is 0 Å². The molecule has 18 heavy (non-hydrogen) atoms. The molecule has 3 nitrogen and oxygen atoms in total. The highest BCUT2D eigenvalue weighted by Crippen LogP contribution is 2.24. The zero-order valence-corrected chi connectivity index (χ0v) is 10.5. The van der Waals surface area contributed by atoms with Crippen LogP contribution in [0.1, 0.15) is 11.1 Å². The minimum atomic E-state index is -0.920. The number of anilines is 2. The third kappa shape index (κ3) is 2.41. The molecule has 2 aromatic rings. The Hall–Kier alpha value is -1.75. The maximum atomic E-state index is 13.1. The highest BCUT2D eigenvalue weighted by Gasteiger charge is 2.09. The van der Waals surface area contributed by atoms with E-state index in [1.165, 1.54) is 6.07 Å². The first kappa shape index (κ1) is 12.7. The quantitative estimate of drug-likeness (QED) is 0.902. The average Bonchev–Trinajstić information content (AvgIpc) is 2.34. The minimum absolute atomic E-state index is 0.323. The first-order valence-electron chi connectivity index (χ1n) is 5.20. The molecule has 1 aromatic carbocycles. The Morgan fingerprint density at radius 1 is 1.06 bits per heavy atom. The fourth-order valence-electron chi connectivity index (χ4n) is 1.41. The molecule has 6 heteroatoms. The molecule has 0 fully saturated rings. The molecule has 0 aliphatic rings. The van der Waals surface area contributed by atoms with E-state index in [9.17, 15) is 8.78 Å². The van der Waals surface area contributed by atoms with E-state index in [2.05, 4.69) is 15.5 Å². The van der Waals surface area contributed by atoms with Crippen molar-refractivity contribution in [3.05, 3.63) is 46.1 Å². The van der Waals surface area contributed by atoms with Gasteiger partial charge in [0.05, 0.1) is 0 Å². The molecule has 1 heterocycles. The van der Waals surface area contributed by atoms with Gasteiger partial charge in [-0.2, -0.15) is 0 Å². The van der Waals surface area contributed by atoms with E-state index in [-0.39, 0.29) is 0 Å². The fourth-order valence-corrected chi connectivity index (χ4v) is 1.59. The molecule has 0 amide bonds. The third-order valence-corrected chi connectivity index (χ3v) is 3.01. The van der Waals surface area contributed by atoms with Gasteiger partial charge in [-0.15, -0.1) is 10.2 Å². The summed E-state index contributed by atoms with van der Waals surface area (Å²) in [6.45, 7) is 3.63. The normalized spacial score (nSPS) is 10.5. The van der Waals surface area contributed by atoms with Crippen LogP contribution in [0.3, 0.4) is 0 Å². The van der Waals surface area contributed by atoms with E-state index in [1.807, 2.05) is 13.8 Å². The van der Waals surface area contributed by atoms with Crippen LogP contribution < -0.4 is 5.32 Å². The average molecular weight is 270 g/mol. The van der Waals surface area contributed by atoms with E-state index in [4.69, 9.17) is 11.6 Å². The highest BCUT2D eigenvalue weighted by molar-refractivity contribution is 6.30. The number of hydrogen-bond donors (Lipinski definition) is 1. The molecule has 0 radical (unpaired) electrons. The number of benzene rings is 1. The lowest BCUT2D eigenvalue weighted by atomic mass is 10.2. The van der Waals surface area contributed by atoms with E-state index in [1.54, 1.807) is 0 Å². The second kappa shape index (κ2) is 4.86. The second-order valence-electron chi connectivity index (χ2n) is 3.84. The SMILES string of the molecule is Cc1c(Cl)nnc(Nc2ccc(F)c(F)c2)c1C. The van der Waals surface area contributed by atoms with Gasteiger partial charge < -0.3 is 5.32 Å². The van der Waals surface area contributed by atoms with Crippen molar-refractivity contribution in [3.8, 4) is 0 Å². The molecule has 0 aliphatic carbocycles. The van der Waals surface area contributed by atoms with Crippen LogP contribution in [0.2, 0.25) is 5.15 Å². The predicted molar refractivity (Wildman–Crippen MR) is 66.2 cm³/mol. The Morgan fingerprint density at radius 2 is 1.78 bits per heavy atom. The summed E-state index contributed by atoms with van der Waals surface area (Å²) >= 11 is 5.82. The van der Waals surface area contributed by atoms with Gasteiger partial charge in [-0.25, -0.2) is 8.78 Å². The van der Waals surface area contributed by atoms with Gasteiger partial charge in [0.25, 0.3) is 0 Å². The van der Waals surface area contributed by atoms with Crippen molar-refractivity contribution in [2.45, 2.75) is 13.8 Å². The predicted octanol–water partition coefficient (Wildman–Crippen LogP) is 3.77. The molecule has 2 rings (SSSR count). The molecule has 0 aliphatic heterocycles. The van der Waals surface area contributed by atoms with Gasteiger partial charge in [0.2, 0.25) is 0 Å². The van der Waals surface area contributed by atoms with E-state index in [0.29, 0.717) is 16.7 Å². The van der Waals surface area contributed by atoms with Gasteiger partial charge in [0, 0.05) is 11.8 Å². The first-order valence-corrected chi connectivity index (χ1v) is 5.58. The van der Waals surface area contributed by atoms with Gasteiger partial charge in [-0.3, -0.25) is 0 Å². The second-order valence-corrected chi connectivity index (χ2v) is 4.20. The van der Waals surface area contributed by atoms with Crippen molar-refractivity contribution in [3.63, 3.8) is 0 Å². The lowest BCUT2D eigenvalue weighted by Gasteiger charge is -2.10. The van der Waals surface area contributed by atoms with Crippen LogP contribution in [0, 0.1) is 25.5 Å². The van der Waals surface area contributed by atoms with Crippen molar-refractivity contribution in [2.24, 2.45) is 0 Å². The number of halogens is 3. The summed E-state index contributed by atoms with van der Waals surface area (Å²) in [5, 5.41) is 10.8. The Labute approximate surface area is 108 Å². The van der Waals surface area contributed by atoms with Crippen molar-refractivity contribution in [1.29, 1.82) is 0 Å². The molecule has 0 unspecified atom stereocenters. The largest absolute Gasteiger partial charge is 0.338 e. The van der Waals surface area contributed by atoms with Crippen LogP contribution in [-0.4, -0.2) is 10.2 Å². The Bertz CT molecular complexity index is 602. The zero-order chi connectivity index (χ0) is 13.3. The molecular formula is C12H10ClF2N3. The first-order chi connectivity index (χ1) is 8.49. The van der Waals surface area contributed by atoms with E-state index < -0.39 is 11.6 Å². The van der Waals surface area contributed by atoms with Gasteiger partial charge in [0.15, 0.2) is 22.6 Å². The van der Waals surface area contributed by atoms with Crippen LogP contribution in [0.25, 0.3) is 0 Å². The molecule has 0 saturated carbocycles. The lowest BCUT2D eigenvalue weighted by Crippen LogP contribution is -2.01. The number of nitrogens with one attached hydrogen (secondary N) is 1.